The van der Waals surface area contributed by atoms with Crippen LogP contribution in [0.25, 0.3) is 0 Å². The molecule has 1 saturated heterocycles. The fraction of sp³-hybridized carbons (Fsp3) is 0.588. The lowest BCUT2D eigenvalue weighted by Crippen LogP contribution is -2.41. The van der Waals surface area contributed by atoms with Gasteiger partial charge >= 0.3 is 7.12 Å². The third-order valence-electron chi connectivity index (χ3n) is 4.54. The van der Waals surface area contributed by atoms with E-state index >= 15 is 0 Å². The molecule has 1 aromatic carbocycles. The van der Waals surface area contributed by atoms with E-state index in [2.05, 4.69) is 5.32 Å². The zero-order chi connectivity index (χ0) is 17.3. The number of carbonyl (C=O) groups is 1. The summed E-state index contributed by atoms with van der Waals surface area (Å²) in [4.78, 5) is 11.8. The van der Waals surface area contributed by atoms with E-state index in [-0.39, 0.29) is 5.91 Å². The number of amides is 1. The van der Waals surface area contributed by atoms with Crippen LogP contribution in [0.4, 0.5) is 0 Å². The van der Waals surface area contributed by atoms with Crippen LogP contribution in [0.5, 0.6) is 5.75 Å². The first-order valence-electron chi connectivity index (χ1n) is 7.99. The molecule has 5 nitrogen and oxygen atoms in total. The van der Waals surface area contributed by atoms with Gasteiger partial charge in [0.05, 0.1) is 24.7 Å². The van der Waals surface area contributed by atoms with E-state index in [0.29, 0.717) is 18.7 Å². The molecule has 1 amide bonds. The van der Waals surface area contributed by atoms with Gasteiger partial charge in [-0.15, -0.1) is 0 Å². The maximum absolute atomic E-state index is 11.8. The highest BCUT2D eigenvalue weighted by atomic mass is 16.7. The second kappa shape index (κ2) is 6.53. The van der Waals surface area contributed by atoms with Crippen molar-refractivity contribution in [2.24, 2.45) is 0 Å². The first-order valence-corrected chi connectivity index (χ1v) is 7.99. The van der Waals surface area contributed by atoms with E-state index in [1.807, 2.05) is 52.8 Å². The number of ether oxygens (including phenoxy) is 1. The SMILES string of the molecule is CCNC(=O)Cc1ccc(OC)c(B2OC(C)(C)C(C)(C)O2)c1. The second-order valence-electron chi connectivity index (χ2n) is 6.79. The van der Waals surface area contributed by atoms with Crippen LogP contribution >= 0.6 is 0 Å². The number of carbonyl (C=O) groups excluding carboxylic acids is 1. The number of nitrogens with one attached hydrogen (secondary N) is 1. The van der Waals surface area contributed by atoms with Gasteiger partial charge in [-0.25, -0.2) is 0 Å². The van der Waals surface area contributed by atoms with Gasteiger partial charge in [-0.2, -0.15) is 0 Å². The first-order chi connectivity index (χ1) is 10.7. The molecule has 1 heterocycles. The molecule has 0 atom stereocenters. The number of rotatable bonds is 5. The van der Waals surface area contributed by atoms with Gasteiger partial charge in [-0.3, -0.25) is 4.79 Å². The topological polar surface area (TPSA) is 56.8 Å². The molecule has 1 fully saturated rings. The number of hydrogen-bond acceptors (Lipinski definition) is 4. The number of methoxy groups -OCH3 is 1. The molecule has 0 unspecified atom stereocenters. The zero-order valence-electron chi connectivity index (χ0n) is 14.9. The fourth-order valence-corrected chi connectivity index (χ4v) is 2.49. The minimum Gasteiger partial charge on any atom is -0.497 e. The first kappa shape index (κ1) is 17.8. The molecular weight excluding hydrogens is 293 g/mol. The van der Waals surface area contributed by atoms with Gasteiger partial charge in [0.15, 0.2) is 0 Å². The Kier molecular flexibility index (Phi) is 5.06. The minimum absolute atomic E-state index is 0.00228. The van der Waals surface area contributed by atoms with E-state index in [4.69, 9.17) is 14.0 Å². The summed E-state index contributed by atoms with van der Waals surface area (Å²) in [6.45, 7) is 10.6. The van der Waals surface area contributed by atoms with Crippen molar-refractivity contribution in [3.8, 4) is 5.75 Å². The molecule has 0 radical (unpaired) electrons. The Bertz CT molecular complexity index is 570. The van der Waals surface area contributed by atoms with Gasteiger partial charge in [0.25, 0.3) is 0 Å². The van der Waals surface area contributed by atoms with Crippen LogP contribution < -0.4 is 15.5 Å². The summed E-state index contributed by atoms with van der Waals surface area (Å²) in [7, 11) is 1.11. The van der Waals surface area contributed by atoms with Gasteiger partial charge in [0, 0.05) is 12.0 Å². The van der Waals surface area contributed by atoms with Crippen LogP contribution in [0.15, 0.2) is 18.2 Å². The van der Waals surface area contributed by atoms with Crippen molar-refractivity contribution in [2.75, 3.05) is 13.7 Å². The summed E-state index contributed by atoms with van der Waals surface area (Å²) in [5.74, 6) is 0.695. The maximum atomic E-state index is 11.8. The quantitative estimate of drug-likeness (QED) is 0.839. The molecule has 1 aromatic rings. The Morgan fingerprint density at radius 3 is 2.35 bits per heavy atom. The van der Waals surface area contributed by atoms with Gasteiger partial charge in [-0.05, 0) is 46.2 Å². The molecule has 126 valence electrons. The Hall–Kier alpha value is -1.53. The summed E-state index contributed by atoms with van der Waals surface area (Å²) < 4.78 is 17.6. The van der Waals surface area contributed by atoms with Crippen molar-refractivity contribution in [2.45, 2.75) is 52.2 Å². The summed E-state index contributed by atoms with van der Waals surface area (Å²) >= 11 is 0. The highest BCUT2D eigenvalue weighted by molar-refractivity contribution is 6.63. The van der Waals surface area contributed by atoms with E-state index in [1.165, 1.54) is 0 Å². The number of hydrogen-bond donors (Lipinski definition) is 1. The number of likely N-dealkylation sites (N-methyl/N-ethyl adjacent to an activating group) is 1. The highest BCUT2D eigenvalue weighted by Crippen LogP contribution is 2.37. The predicted octanol–water partition coefficient (Wildman–Crippen LogP) is 1.67. The van der Waals surface area contributed by atoms with E-state index in [0.717, 1.165) is 11.0 Å². The average molecular weight is 319 g/mol. The summed E-state index contributed by atoms with van der Waals surface area (Å²) in [6.07, 6.45) is 0.324. The van der Waals surface area contributed by atoms with Crippen LogP contribution in [0.1, 0.15) is 40.2 Å². The van der Waals surface area contributed by atoms with Crippen LogP contribution in [-0.4, -0.2) is 37.9 Å². The largest absolute Gasteiger partial charge is 0.498 e. The minimum atomic E-state index is -0.510. The van der Waals surface area contributed by atoms with Gasteiger partial charge in [0.2, 0.25) is 5.91 Å². The molecule has 0 aromatic heterocycles. The third kappa shape index (κ3) is 3.70. The Balaban J connectivity index is 2.28. The fourth-order valence-electron chi connectivity index (χ4n) is 2.49. The van der Waals surface area contributed by atoms with Crippen LogP contribution in [0, 0.1) is 0 Å². The van der Waals surface area contributed by atoms with E-state index in [9.17, 15) is 4.79 Å². The lowest BCUT2D eigenvalue weighted by Gasteiger charge is -2.32. The van der Waals surface area contributed by atoms with Gasteiger partial charge < -0.3 is 19.4 Å². The highest BCUT2D eigenvalue weighted by Gasteiger charge is 2.52. The van der Waals surface area contributed by atoms with Crippen molar-refractivity contribution in [1.82, 2.24) is 5.32 Å². The van der Waals surface area contributed by atoms with Crippen molar-refractivity contribution >= 4 is 18.5 Å². The molecule has 0 bridgehead atoms. The molecule has 6 heteroatoms. The van der Waals surface area contributed by atoms with Crippen molar-refractivity contribution in [3.63, 3.8) is 0 Å². The summed E-state index contributed by atoms with van der Waals surface area (Å²) in [6, 6.07) is 5.67. The molecule has 0 saturated carbocycles. The molecule has 1 aliphatic heterocycles. The standard InChI is InChI=1S/C17H26BNO4/c1-7-19-15(20)11-12-8-9-14(21-6)13(10-12)18-22-16(2,3)17(4,5)23-18/h8-10H,7,11H2,1-6H3,(H,19,20). The molecule has 23 heavy (non-hydrogen) atoms. The van der Waals surface area contributed by atoms with E-state index < -0.39 is 18.3 Å². The van der Waals surface area contributed by atoms with Crippen LogP contribution in [0.2, 0.25) is 0 Å². The van der Waals surface area contributed by atoms with Crippen molar-refractivity contribution < 1.29 is 18.8 Å². The molecule has 0 spiro atoms. The second-order valence-corrected chi connectivity index (χ2v) is 6.79. The van der Waals surface area contributed by atoms with Crippen molar-refractivity contribution in [1.29, 1.82) is 0 Å². The van der Waals surface area contributed by atoms with Crippen LogP contribution in [-0.2, 0) is 20.5 Å². The summed E-state index contributed by atoms with van der Waals surface area (Å²) in [5.41, 5.74) is 0.880. The molecule has 0 aliphatic carbocycles. The molecule has 1 N–H and O–H groups in total. The lowest BCUT2D eigenvalue weighted by atomic mass is 9.77. The molecule has 2 rings (SSSR count). The smallest absolute Gasteiger partial charge is 0.497 e. The Labute approximate surface area is 138 Å². The van der Waals surface area contributed by atoms with E-state index in [1.54, 1.807) is 7.11 Å². The normalized spacial score (nSPS) is 18.8. The zero-order valence-corrected chi connectivity index (χ0v) is 14.9. The molecule has 1 aliphatic rings. The lowest BCUT2D eigenvalue weighted by molar-refractivity contribution is -0.120. The third-order valence-corrected chi connectivity index (χ3v) is 4.54. The van der Waals surface area contributed by atoms with Crippen LogP contribution in [0.3, 0.4) is 0 Å². The summed E-state index contributed by atoms with van der Waals surface area (Å²) in [5, 5.41) is 2.81. The Morgan fingerprint density at radius 1 is 1.22 bits per heavy atom. The monoisotopic (exact) mass is 319 g/mol. The predicted molar refractivity (Wildman–Crippen MR) is 91.1 cm³/mol. The average Bonchev–Trinajstić information content (AvgIpc) is 2.67. The number of benzene rings is 1. The van der Waals surface area contributed by atoms with Gasteiger partial charge in [-0.1, -0.05) is 12.1 Å². The Morgan fingerprint density at radius 2 is 1.83 bits per heavy atom. The maximum Gasteiger partial charge on any atom is 0.498 e. The van der Waals surface area contributed by atoms with Crippen molar-refractivity contribution in [3.05, 3.63) is 23.8 Å². The van der Waals surface area contributed by atoms with Gasteiger partial charge in [0.1, 0.15) is 5.75 Å². The molecular formula is C17H26BNO4.